The number of ether oxygens (including phenoxy) is 1. The highest BCUT2D eigenvalue weighted by Crippen LogP contribution is 2.09. The van der Waals surface area contributed by atoms with E-state index in [1.54, 1.807) is 0 Å². The lowest BCUT2D eigenvalue weighted by molar-refractivity contribution is -0.860. The zero-order chi connectivity index (χ0) is 8.10. The maximum atomic E-state index is 5.38. The maximum absolute atomic E-state index is 5.38. The van der Waals surface area contributed by atoms with Gasteiger partial charge in [0.2, 0.25) is 0 Å². The Kier molecular flexibility index (Phi) is 3.87. The third-order valence-corrected chi connectivity index (χ3v) is 2.37. The van der Waals surface area contributed by atoms with Crippen molar-refractivity contribution in [3.8, 4) is 0 Å². The molecule has 0 bridgehead atoms. The van der Waals surface area contributed by atoms with Gasteiger partial charge >= 0.3 is 0 Å². The van der Waals surface area contributed by atoms with Gasteiger partial charge in [0, 0.05) is 13.2 Å². The van der Waals surface area contributed by atoms with Crippen LogP contribution in [0.25, 0.3) is 0 Å². The highest BCUT2D eigenvalue weighted by Gasteiger charge is 2.16. The summed E-state index contributed by atoms with van der Waals surface area (Å²) in [5, 5.41) is 0. The smallest absolute Gasteiger partial charge is 0.0533 e. The minimum atomic E-state index is 0.806. The molecule has 0 radical (unpaired) electrons. The van der Waals surface area contributed by atoms with E-state index < -0.39 is 0 Å². The van der Waals surface area contributed by atoms with E-state index in [4.69, 9.17) is 4.74 Å². The van der Waals surface area contributed by atoms with Crippen molar-refractivity contribution in [2.45, 2.75) is 19.8 Å². The van der Waals surface area contributed by atoms with Crippen molar-refractivity contribution < 1.29 is 9.64 Å². The summed E-state index contributed by atoms with van der Waals surface area (Å²) in [5.41, 5.74) is 0. The van der Waals surface area contributed by atoms with E-state index in [9.17, 15) is 0 Å². The lowest BCUT2D eigenvalue weighted by Gasteiger charge is -2.30. The van der Waals surface area contributed by atoms with Gasteiger partial charge in [0.1, 0.15) is 0 Å². The Hall–Kier alpha value is -0.0800. The van der Waals surface area contributed by atoms with Gasteiger partial charge in [0.25, 0.3) is 0 Å². The maximum Gasteiger partial charge on any atom is 0.0533 e. The molecule has 0 atom stereocenters. The SMILES string of the molecule is [CH2-][NH+]1CCC(COCC)CC1. The molecule has 0 unspecified atom stereocenters. The molecule has 0 saturated carbocycles. The van der Waals surface area contributed by atoms with Gasteiger partial charge in [-0.3, -0.25) is 0 Å². The summed E-state index contributed by atoms with van der Waals surface area (Å²) in [6.45, 7) is 6.32. The van der Waals surface area contributed by atoms with E-state index in [1.807, 2.05) is 0 Å². The Labute approximate surface area is 69.5 Å². The standard InChI is InChI=1S/C9H19NO/c1-3-11-8-9-4-6-10(2)7-5-9/h9-10H,2-8H2,1H3. The Morgan fingerprint density at radius 3 is 2.64 bits per heavy atom. The van der Waals surface area contributed by atoms with Gasteiger partial charge in [-0.1, -0.05) is 0 Å². The molecule has 1 fully saturated rings. The summed E-state index contributed by atoms with van der Waals surface area (Å²) in [7, 11) is 3.99. The molecule has 11 heavy (non-hydrogen) atoms. The number of nitrogens with one attached hydrogen (secondary N) is 1. The van der Waals surface area contributed by atoms with E-state index >= 15 is 0 Å². The summed E-state index contributed by atoms with van der Waals surface area (Å²) in [6, 6.07) is 0. The van der Waals surface area contributed by atoms with Crippen LogP contribution in [0.4, 0.5) is 0 Å². The normalized spacial score (nSPS) is 32.2. The third-order valence-electron chi connectivity index (χ3n) is 2.37. The molecule has 1 aliphatic rings. The van der Waals surface area contributed by atoms with E-state index in [0.29, 0.717) is 0 Å². The average Bonchev–Trinajstić information content (AvgIpc) is 2.04. The number of likely N-dealkylation sites (tertiary alicyclic amines) is 1. The summed E-state index contributed by atoms with van der Waals surface area (Å²) in [6.07, 6.45) is 2.58. The molecule has 1 saturated heterocycles. The number of hydrogen-bond acceptors (Lipinski definition) is 1. The molecule has 0 amide bonds. The van der Waals surface area contributed by atoms with Crippen molar-refractivity contribution in [3.63, 3.8) is 0 Å². The monoisotopic (exact) mass is 157 g/mol. The van der Waals surface area contributed by atoms with E-state index in [-0.39, 0.29) is 0 Å². The quantitative estimate of drug-likeness (QED) is 0.574. The molecule has 1 heterocycles. The molecule has 1 N–H and O–H groups in total. The van der Waals surface area contributed by atoms with Crippen LogP contribution in [0.1, 0.15) is 19.8 Å². The minimum absolute atomic E-state index is 0.806. The number of hydrogen-bond donors (Lipinski definition) is 1. The molecule has 1 rings (SSSR count). The molecule has 2 nitrogen and oxygen atoms in total. The molecule has 2 heteroatoms. The van der Waals surface area contributed by atoms with Gasteiger partial charge in [-0.2, -0.15) is 7.05 Å². The fourth-order valence-corrected chi connectivity index (χ4v) is 1.54. The average molecular weight is 157 g/mol. The fourth-order valence-electron chi connectivity index (χ4n) is 1.54. The number of piperidine rings is 1. The first-order valence-corrected chi connectivity index (χ1v) is 4.57. The molecule has 0 spiro atoms. The van der Waals surface area contributed by atoms with Crippen molar-refractivity contribution in [2.24, 2.45) is 5.92 Å². The summed E-state index contributed by atoms with van der Waals surface area (Å²) in [5.74, 6) is 0.806. The van der Waals surface area contributed by atoms with Crippen LogP contribution in [0, 0.1) is 13.0 Å². The lowest BCUT2D eigenvalue weighted by Crippen LogP contribution is -3.08. The summed E-state index contributed by atoms with van der Waals surface area (Å²) in [4.78, 5) is 1.43. The zero-order valence-corrected chi connectivity index (χ0v) is 7.44. The fraction of sp³-hybridized carbons (Fsp3) is 0.889. The molecular formula is C9H19NO. The van der Waals surface area contributed by atoms with Crippen LogP contribution in [-0.4, -0.2) is 26.3 Å². The Balaban J connectivity index is 2.07. The molecule has 0 aromatic rings. The first-order valence-electron chi connectivity index (χ1n) is 4.57. The van der Waals surface area contributed by atoms with Gasteiger partial charge in [-0.25, -0.2) is 0 Å². The Morgan fingerprint density at radius 2 is 2.09 bits per heavy atom. The minimum Gasteiger partial charge on any atom is -0.468 e. The highest BCUT2D eigenvalue weighted by atomic mass is 16.5. The molecular weight excluding hydrogens is 138 g/mol. The molecule has 0 aromatic carbocycles. The van der Waals surface area contributed by atoms with Crippen LogP contribution >= 0.6 is 0 Å². The third kappa shape index (κ3) is 3.21. The molecule has 66 valence electrons. The van der Waals surface area contributed by atoms with E-state index in [1.165, 1.54) is 30.8 Å². The van der Waals surface area contributed by atoms with Crippen molar-refractivity contribution in [1.29, 1.82) is 0 Å². The Morgan fingerprint density at radius 1 is 1.45 bits per heavy atom. The van der Waals surface area contributed by atoms with E-state index in [2.05, 4.69) is 14.0 Å². The van der Waals surface area contributed by atoms with Crippen molar-refractivity contribution in [2.75, 3.05) is 26.3 Å². The molecule has 0 aliphatic carbocycles. The lowest BCUT2D eigenvalue weighted by atomic mass is 9.98. The van der Waals surface area contributed by atoms with Crippen LogP contribution in [0.5, 0.6) is 0 Å². The zero-order valence-electron chi connectivity index (χ0n) is 7.44. The first kappa shape index (κ1) is 9.01. The van der Waals surface area contributed by atoms with Gasteiger partial charge in [-0.05, 0) is 25.7 Å². The predicted octanol–water partition coefficient (Wildman–Crippen LogP) is 0.109. The first-order chi connectivity index (χ1) is 5.33. The molecule has 1 aliphatic heterocycles. The van der Waals surface area contributed by atoms with Crippen molar-refractivity contribution in [1.82, 2.24) is 0 Å². The van der Waals surface area contributed by atoms with Gasteiger partial charge in [0.15, 0.2) is 0 Å². The Bertz CT molecular complexity index is 95.0. The van der Waals surface area contributed by atoms with Crippen LogP contribution < -0.4 is 4.90 Å². The van der Waals surface area contributed by atoms with Crippen molar-refractivity contribution in [3.05, 3.63) is 7.05 Å². The predicted molar refractivity (Wildman–Crippen MR) is 45.3 cm³/mol. The van der Waals surface area contributed by atoms with Gasteiger partial charge in [0.05, 0.1) is 13.1 Å². The summed E-state index contributed by atoms with van der Waals surface area (Å²) >= 11 is 0. The molecule has 0 aromatic heterocycles. The van der Waals surface area contributed by atoms with Crippen molar-refractivity contribution >= 4 is 0 Å². The highest BCUT2D eigenvalue weighted by molar-refractivity contribution is 4.60. The topological polar surface area (TPSA) is 13.7 Å². The van der Waals surface area contributed by atoms with Crippen LogP contribution in [0.2, 0.25) is 0 Å². The number of rotatable bonds is 3. The summed E-state index contributed by atoms with van der Waals surface area (Å²) < 4.78 is 5.38. The van der Waals surface area contributed by atoms with Crippen LogP contribution in [-0.2, 0) is 4.74 Å². The largest absolute Gasteiger partial charge is 0.468 e. The van der Waals surface area contributed by atoms with Gasteiger partial charge < -0.3 is 9.64 Å². The van der Waals surface area contributed by atoms with E-state index in [0.717, 1.165) is 19.1 Å². The second-order valence-corrected chi connectivity index (χ2v) is 3.35. The van der Waals surface area contributed by atoms with Crippen LogP contribution in [0.15, 0.2) is 0 Å². The van der Waals surface area contributed by atoms with Gasteiger partial charge in [-0.15, -0.1) is 0 Å². The number of quaternary nitrogens is 1. The second kappa shape index (κ2) is 4.73. The second-order valence-electron chi connectivity index (χ2n) is 3.35. The van der Waals surface area contributed by atoms with Crippen LogP contribution in [0.3, 0.4) is 0 Å².